The fourth-order valence-corrected chi connectivity index (χ4v) is 2.97. The highest BCUT2D eigenvalue weighted by molar-refractivity contribution is 5.91. The molecule has 3 nitrogen and oxygen atoms in total. The summed E-state index contributed by atoms with van der Waals surface area (Å²) < 4.78 is 0. The minimum Gasteiger partial charge on any atom is -0.396 e. The Morgan fingerprint density at radius 1 is 1.29 bits per heavy atom. The first kappa shape index (κ1) is 15.8. The quantitative estimate of drug-likeness (QED) is 0.818. The first-order valence-electron chi connectivity index (χ1n) is 7.78. The summed E-state index contributed by atoms with van der Waals surface area (Å²) in [4.78, 5) is 11.9. The molecule has 1 aromatic rings. The van der Waals surface area contributed by atoms with Gasteiger partial charge >= 0.3 is 0 Å². The van der Waals surface area contributed by atoms with Crippen LogP contribution in [-0.4, -0.2) is 24.2 Å². The van der Waals surface area contributed by atoms with E-state index in [-0.39, 0.29) is 17.9 Å². The van der Waals surface area contributed by atoms with E-state index in [9.17, 15) is 9.90 Å². The number of rotatable bonds is 5. The Hall–Kier alpha value is -1.61. The molecule has 21 heavy (non-hydrogen) atoms. The van der Waals surface area contributed by atoms with Crippen LogP contribution < -0.4 is 5.32 Å². The van der Waals surface area contributed by atoms with Crippen molar-refractivity contribution in [2.24, 2.45) is 5.41 Å². The van der Waals surface area contributed by atoms with Crippen LogP contribution in [0.25, 0.3) is 6.08 Å². The van der Waals surface area contributed by atoms with Crippen LogP contribution in [0, 0.1) is 12.3 Å². The summed E-state index contributed by atoms with van der Waals surface area (Å²) in [5.41, 5.74) is 2.10. The third-order valence-corrected chi connectivity index (χ3v) is 4.49. The van der Waals surface area contributed by atoms with Gasteiger partial charge in [0, 0.05) is 18.0 Å². The van der Waals surface area contributed by atoms with Crippen molar-refractivity contribution < 1.29 is 9.90 Å². The van der Waals surface area contributed by atoms with Crippen molar-refractivity contribution in [3.8, 4) is 0 Å². The van der Waals surface area contributed by atoms with Gasteiger partial charge in [0.2, 0.25) is 5.91 Å². The number of aliphatic hydroxyl groups is 1. The second-order valence-electron chi connectivity index (χ2n) is 6.13. The topological polar surface area (TPSA) is 49.3 Å². The fraction of sp³-hybridized carbons (Fsp3) is 0.500. The normalized spacial score (nSPS) is 17.8. The van der Waals surface area contributed by atoms with E-state index in [1.54, 1.807) is 6.08 Å². The third kappa shape index (κ3) is 4.43. The van der Waals surface area contributed by atoms with E-state index < -0.39 is 0 Å². The highest BCUT2D eigenvalue weighted by Gasteiger charge is 2.31. The zero-order chi connectivity index (χ0) is 15.1. The molecular weight excluding hydrogens is 262 g/mol. The minimum atomic E-state index is -0.107. The summed E-state index contributed by atoms with van der Waals surface area (Å²) in [6.07, 6.45) is 8.97. The Balaban J connectivity index is 1.88. The molecule has 114 valence electrons. The summed E-state index contributed by atoms with van der Waals surface area (Å²) in [6, 6.07) is 7.98. The van der Waals surface area contributed by atoms with Crippen LogP contribution in [0.5, 0.6) is 0 Å². The number of aryl methyl sites for hydroxylation is 1. The number of aliphatic hydroxyl groups excluding tert-OH is 1. The molecule has 2 rings (SSSR count). The molecule has 0 aliphatic heterocycles. The maximum absolute atomic E-state index is 11.9. The summed E-state index contributed by atoms with van der Waals surface area (Å²) in [5.74, 6) is -0.0864. The molecule has 1 amide bonds. The van der Waals surface area contributed by atoms with Crippen LogP contribution >= 0.6 is 0 Å². The number of benzene rings is 1. The molecule has 0 unspecified atom stereocenters. The standard InChI is InChI=1S/C18H25NO2/c1-15-7-3-4-8-16(15)9-10-17(21)19-13-18(14-20)11-5-2-6-12-18/h3-4,7-10,20H,2,5-6,11-14H2,1H3,(H,19,21)/b10-9+. The number of amides is 1. The lowest BCUT2D eigenvalue weighted by atomic mass is 9.74. The van der Waals surface area contributed by atoms with E-state index >= 15 is 0 Å². The van der Waals surface area contributed by atoms with Gasteiger partial charge in [-0.15, -0.1) is 0 Å². The van der Waals surface area contributed by atoms with E-state index in [4.69, 9.17) is 0 Å². The Morgan fingerprint density at radius 3 is 2.67 bits per heavy atom. The van der Waals surface area contributed by atoms with Crippen molar-refractivity contribution in [2.75, 3.05) is 13.2 Å². The van der Waals surface area contributed by atoms with Gasteiger partial charge in [-0.05, 0) is 37.0 Å². The van der Waals surface area contributed by atoms with Crippen molar-refractivity contribution in [1.82, 2.24) is 5.32 Å². The molecule has 0 bridgehead atoms. The molecule has 1 aliphatic rings. The zero-order valence-corrected chi connectivity index (χ0v) is 12.8. The predicted octanol–water partition coefficient (Wildman–Crippen LogP) is 3.07. The van der Waals surface area contributed by atoms with Crippen LogP contribution in [0.3, 0.4) is 0 Å². The van der Waals surface area contributed by atoms with Crippen LogP contribution in [-0.2, 0) is 4.79 Å². The Labute approximate surface area is 127 Å². The van der Waals surface area contributed by atoms with Gasteiger partial charge in [-0.3, -0.25) is 4.79 Å². The largest absolute Gasteiger partial charge is 0.396 e. The SMILES string of the molecule is Cc1ccccc1/C=C/C(=O)NCC1(CO)CCCCC1. The number of hydrogen-bond donors (Lipinski definition) is 2. The average Bonchev–Trinajstić information content (AvgIpc) is 2.53. The Bertz CT molecular complexity index is 502. The molecular formula is C18H25NO2. The summed E-state index contributed by atoms with van der Waals surface area (Å²) >= 11 is 0. The highest BCUT2D eigenvalue weighted by atomic mass is 16.3. The molecule has 3 heteroatoms. The molecule has 1 fully saturated rings. The van der Waals surface area contributed by atoms with Gasteiger partial charge in [-0.1, -0.05) is 43.5 Å². The van der Waals surface area contributed by atoms with E-state index in [2.05, 4.69) is 5.32 Å². The molecule has 0 atom stereocenters. The van der Waals surface area contributed by atoms with E-state index in [1.807, 2.05) is 37.3 Å². The molecule has 0 saturated heterocycles. The smallest absolute Gasteiger partial charge is 0.244 e. The van der Waals surface area contributed by atoms with Crippen LogP contribution in [0.2, 0.25) is 0 Å². The molecule has 0 heterocycles. The molecule has 0 radical (unpaired) electrons. The molecule has 2 N–H and O–H groups in total. The van der Waals surface area contributed by atoms with Gasteiger partial charge in [0.15, 0.2) is 0 Å². The van der Waals surface area contributed by atoms with Gasteiger partial charge in [0.1, 0.15) is 0 Å². The van der Waals surface area contributed by atoms with Gasteiger partial charge < -0.3 is 10.4 Å². The van der Waals surface area contributed by atoms with Crippen LogP contribution in [0.15, 0.2) is 30.3 Å². The Kier molecular flexibility index (Phi) is 5.57. The molecule has 0 aromatic heterocycles. The van der Waals surface area contributed by atoms with Gasteiger partial charge in [-0.25, -0.2) is 0 Å². The van der Waals surface area contributed by atoms with Gasteiger partial charge in [0.05, 0.1) is 6.61 Å². The minimum absolute atomic E-state index is 0.0864. The predicted molar refractivity (Wildman–Crippen MR) is 85.8 cm³/mol. The molecule has 1 aromatic carbocycles. The second-order valence-corrected chi connectivity index (χ2v) is 6.13. The molecule has 0 spiro atoms. The molecule has 1 saturated carbocycles. The number of carbonyl (C=O) groups excluding carboxylic acids is 1. The average molecular weight is 287 g/mol. The first-order chi connectivity index (χ1) is 10.2. The molecule has 1 aliphatic carbocycles. The number of carbonyl (C=O) groups is 1. The number of hydrogen-bond acceptors (Lipinski definition) is 2. The van der Waals surface area contributed by atoms with Crippen molar-refractivity contribution in [1.29, 1.82) is 0 Å². The van der Waals surface area contributed by atoms with Crippen LogP contribution in [0.1, 0.15) is 43.2 Å². The van der Waals surface area contributed by atoms with Crippen molar-refractivity contribution in [2.45, 2.75) is 39.0 Å². The van der Waals surface area contributed by atoms with Crippen molar-refractivity contribution in [3.63, 3.8) is 0 Å². The van der Waals surface area contributed by atoms with Crippen LogP contribution in [0.4, 0.5) is 0 Å². The lowest BCUT2D eigenvalue weighted by Gasteiger charge is -2.35. The van der Waals surface area contributed by atoms with Crippen molar-refractivity contribution in [3.05, 3.63) is 41.5 Å². The monoisotopic (exact) mass is 287 g/mol. The first-order valence-corrected chi connectivity index (χ1v) is 7.78. The Morgan fingerprint density at radius 2 is 2.00 bits per heavy atom. The zero-order valence-electron chi connectivity index (χ0n) is 12.8. The lowest BCUT2D eigenvalue weighted by Crippen LogP contribution is -2.40. The van der Waals surface area contributed by atoms with E-state index in [1.165, 1.54) is 6.42 Å². The van der Waals surface area contributed by atoms with E-state index in [0.717, 1.165) is 36.8 Å². The van der Waals surface area contributed by atoms with Gasteiger partial charge in [0.25, 0.3) is 0 Å². The van der Waals surface area contributed by atoms with Crippen molar-refractivity contribution >= 4 is 12.0 Å². The fourth-order valence-electron chi connectivity index (χ4n) is 2.97. The summed E-state index contributed by atoms with van der Waals surface area (Å²) in [6.45, 7) is 2.76. The maximum atomic E-state index is 11.9. The lowest BCUT2D eigenvalue weighted by molar-refractivity contribution is -0.117. The number of nitrogens with one attached hydrogen (secondary N) is 1. The second kappa shape index (κ2) is 7.41. The third-order valence-electron chi connectivity index (χ3n) is 4.49. The summed E-state index contributed by atoms with van der Waals surface area (Å²) in [7, 11) is 0. The van der Waals surface area contributed by atoms with Gasteiger partial charge in [-0.2, -0.15) is 0 Å². The van der Waals surface area contributed by atoms with E-state index in [0.29, 0.717) is 6.54 Å². The summed E-state index contributed by atoms with van der Waals surface area (Å²) in [5, 5.41) is 12.6. The maximum Gasteiger partial charge on any atom is 0.244 e. The highest BCUT2D eigenvalue weighted by Crippen LogP contribution is 2.35.